The van der Waals surface area contributed by atoms with Crippen molar-refractivity contribution >= 4 is 58.0 Å². The van der Waals surface area contributed by atoms with Gasteiger partial charge in [0.1, 0.15) is 0 Å². The smallest absolute Gasteiger partial charge is 0.241 e. The van der Waals surface area contributed by atoms with Crippen molar-refractivity contribution in [2.24, 2.45) is 0 Å². The monoisotopic (exact) mass is 468 g/mol. The Hall–Kier alpha value is -1.83. The van der Waals surface area contributed by atoms with Gasteiger partial charge in [0.15, 0.2) is 0 Å². The van der Waals surface area contributed by atoms with E-state index in [1.807, 2.05) is 37.3 Å². The number of amides is 2. The third-order valence-corrected chi connectivity index (χ3v) is 6.06. The summed E-state index contributed by atoms with van der Waals surface area (Å²) in [6.45, 7) is 4.94. The molecule has 1 aliphatic rings. The van der Waals surface area contributed by atoms with Crippen LogP contribution in [0.25, 0.3) is 0 Å². The van der Waals surface area contributed by atoms with Gasteiger partial charge in [-0.05, 0) is 31.2 Å². The van der Waals surface area contributed by atoms with Crippen molar-refractivity contribution in [3.05, 3.63) is 57.5 Å². The molecule has 1 atom stereocenters. The van der Waals surface area contributed by atoms with Gasteiger partial charge in [0.2, 0.25) is 11.8 Å². The Bertz CT molecular complexity index is 903. The van der Waals surface area contributed by atoms with Crippen molar-refractivity contribution in [1.82, 2.24) is 9.80 Å². The van der Waals surface area contributed by atoms with E-state index < -0.39 is 0 Å². The molecule has 2 aromatic rings. The van der Waals surface area contributed by atoms with Gasteiger partial charge in [-0.25, -0.2) is 0 Å². The molecule has 6 nitrogen and oxygen atoms in total. The van der Waals surface area contributed by atoms with Gasteiger partial charge in [0.25, 0.3) is 0 Å². The molecule has 1 saturated heterocycles. The van der Waals surface area contributed by atoms with Crippen LogP contribution in [-0.2, 0) is 9.59 Å². The minimum absolute atomic E-state index is 0.0466. The van der Waals surface area contributed by atoms with Crippen LogP contribution < -0.4 is 10.6 Å². The zero-order valence-electron chi connectivity index (χ0n) is 16.5. The highest BCUT2D eigenvalue weighted by Gasteiger charge is 2.27. The van der Waals surface area contributed by atoms with Crippen LogP contribution in [0, 0.1) is 0 Å². The molecule has 0 spiro atoms. The minimum Gasteiger partial charge on any atom is -0.325 e. The van der Waals surface area contributed by atoms with Crippen LogP contribution in [0.4, 0.5) is 11.4 Å². The number of carbonyl (C=O) groups excluding carboxylic acids is 2. The van der Waals surface area contributed by atoms with Gasteiger partial charge in [-0.1, -0.05) is 53.0 Å². The third kappa shape index (κ3) is 6.09. The number of hydrogen-bond acceptors (Lipinski definition) is 4. The second kappa shape index (κ2) is 10.5. The number of carbonyl (C=O) groups is 2. The average molecular weight is 470 g/mol. The highest BCUT2D eigenvalue weighted by atomic mass is 35.5. The zero-order chi connectivity index (χ0) is 21.7. The van der Waals surface area contributed by atoms with E-state index in [4.69, 9.17) is 34.8 Å². The molecule has 30 heavy (non-hydrogen) atoms. The number of para-hydroxylation sites is 1. The maximum absolute atomic E-state index is 12.7. The Kier molecular flexibility index (Phi) is 7.97. The fourth-order valence-electron chi connectivity index (χ4n) is 3.26. The number of hydrogen-bond donors (Lipinski definition) is 2. The summed E-state index contributed by atoms with van der Waals surface area (Å²) in [6.07, 6.45) is 0. The summed E-state index contributed by atoms with van der Waals surface area (Å²) >= 11 is 18.1. The minimum atomic E-state index is -0.351. The van der Waals surface area contributed by atoms with Crippen molar-refractivity contribution in [2.75, 3.05) is 43.4 Å². The lowest BCUT2D eigenvalue weighted by Gasteiger charge is -2.37. The van der Waals surface area contributed by atoms with Crippen molar-refractivity contribution < 1.29 is 9.59 Å². The van der Waals surface area contributed by atoms with E-state index in [9.17, 15) is 9.59 Å². The molecular formula is C21H23Cl3N4O2. The lowest BCUT2D eigenvalue weighted by atomic mass is 10.2. The molecule has 3 rings (SSSR count). The van der Waals surface area contributed by atoms with E-state index in [2.05, 4.69) is 20.4 Å². The summed E-state index contributed by atoms with van der Waals surface area (Å²) in [5.74, 6) is -0.222. The molecule has 0 bridgehead atoms. The molecule has 2 N–H and O–H groups in total. The molecule has 0 saturated carbocycles. The van der Waals surface area contributed by atoms with Gasteiger partial charge in [0, 0.05) is 31.9 Å². The number of benzene rings is 2. The largest absolute Gasteiger partial charge is 0.325 e. The Morgan fingerprint density at radius 3 is 2.23 bits per heavy atom. The first-order valence-corrected chi connectivity index (χ1v) is 10.7. The topological polar surface area (TPSA) is 64.7 Å². The maximum atomic E-state index is 12.7. The SMILES string of the molecule is CC(C(=O)Nc1cc(Cl)c(Cl)cc1Cl)N1CCN(CC(=O)Nc2ccccc2)CC1. The van der Waals surface area contributed by atoms with E-state index in [-0.39, 0.29) is 17.9 Å². The fraction of sp³-hybridized carbons (Fsp3) is 0.333. The van der Waals surface area contributed by atoms with E-state index in [1.165, 1.54) is 6.07 Å². The first kappa shape index (κ1) is 22.8. The van der Waals surface area contributed by atoms with Gasteiger partial charge in [0.05, 0.1) is 33.3 Å². The molecule has 1 unspecified atom stereocenters. The first-order valence-electron chi connectivity index (χ1n) is 9.60. The molecule has 0 aromatic heterocycles. The summed E-state index contributed by atoms with van der Waals surface area (Å²) < 4.78 is 0. The summed E-state index contributed by atoms with van der Waals surface area (Å²) in [7, 11) is 0. The Labute approximate surface area is 191 Å². The highest BCUT2D eigenvalue weighted by molar-refractivity contribution is 6.44. The fourth-order valence-corrected chi connectivity index (χ4v) is 3.85. The quantitative estimate of drug-likeness (QED) is 0.622. The molecule has 2 aromatic carbocycles. The van der Waals surface area contributed by atoms with Crippen LogP contribution in [0.5, 0.6) is 0 Å². The van der Waals surface area contributed by atoms with Crippen LogP contribution in [-0.4, -0.2) is 60.4 Å². The van der Waals surface area contributed by atoms with Crippen LogP contribution in [0.2, 0.25) is 15.1 Å². The molecule has 9 heteroatoms. The highest BCUT2D eigenvalue weighted by Crippen LogP contribution is 2.32. The molecule has 1 aliphatic heterocycles. The third-order valence-electron chi connectivity index (χ3n) is 5.03. The number of nitrogens with one attached hydrogen (secondary N) is 2. The van der Waals surface area contributed by atoms with Crippen LogP contribution in [0.3, 0.4) is 0 Å². The van der Waals surface area contributed by atoms with Crippen LogP contribution in [0.15, 0.2) is 42.5 Å². The number of rotatable bonds is 6. The number of anilines is 2. The standard InChI is InChI=1S/C21H23Cl3N4O2/c1-14(21(30)26-19-12-17(23)16(22)11-18(19)24)28-9-7-27(8-10-28)13-20(29)25-15-5-3-2-4-6-15/h2-6,11-12,14H,7-10,13H2,1H3,(H,25,29)(H,26,30). The summed E-state index contributed by atoms with van der Waals surface area (Å²) in [6, 6.07) is 12.1. The predicted octanol–water partition coefficient (Wildman–Crippen LogP) is 4.23. The zero-order valence-corrected chi connectivity index (χ0v) is 18.8. The molecule has 0 radical (unpaired) electrons. The average Bonchev–Trinajstić information content (AvgIpc) is 2.72. The molecule has 160 valence electrons. The van der Waals surface area contributed by atoms with Crippen LogP contribution in [0.1, 0.15) is 6.92 Å². The molecule has 1 fully saturated rings. The van der Waals surface area contributed by atoms with Gasteiger partial charge < -0.3 is 10.6 Å². The lowest BCUT2D eigenvalue weighted by Crippen LogP contribution is -2.53. The van der Waals surface area contributed by atoms with Gasteiger partial charge >= 0.3 is 0 Å². The molecule has 0 aliphatic carbocycles. The molecule has 2 amide bonds. The Morgan fingerprint density at radius 1 is 0.933 bits per heavy atom. The van der Waals surface area contributed by atoms with Crippen LogP contribution >= 0.6 is 34.8 Å². The van der Waals surface area contributed by atoms with Crippen molar-refractivity contribution in [1.29, 1.82) is 0 Å². The van der Waals surface area contributed by atoms with E-state index in [0.29, 0.717) is 53.5 Å². The van der Waals surface area contributed by atoms with Gasteiger partial charge in [-0.3, -0.25) is 19.4 Å². The van der Waals surface area contributed by atoms with Crippen molar-refractivity contribution in [2.45, 2.75) is 13.0 Å². The second-order valence-corrected chi connectivity index (χ2v) is 8.36. The molecule has 1 heterocycles. The van der Waals surface area contributed by atoms with E-state index in [1.54, 1.807) is 6.07 Å². The number of nitrogens with zero attached hydrogens (tertiary/aromatic N) is 2. The second-order valence-electron chi connectivity index (χ2n) is 7.14. The Morgan fingerprint density at radius 2 is 1.57 bits per heavy atom. The first-order chi connectivity index (χ1) is 14.3. The van der Waals surface area contributed by atoms with E-state index in [0.717, 1.165) is 5.69 Å². The predicted molar refractivity (Wildman–Crippen MR) is 123 cm³/mol. The van der Waals surface area contributed by atoms with Crippen molar-refractivity contribution in [3.63, 3.8) is 0 Å². The number of piperazine rings is 1. The van der Waals surface area contributed by atoms with Gasteiger partial charge in [-0.15, -0.1) is 0 Å². The lowest BCUT2D eigenvalue weighted by molar-refractivity contribution is -0.122. The maximum Gasteiger partial charge on any atom is 0.241 e. The Balaban J connectivity index is 1.47. The van der Waals surface area contributed by atoms with Gasteiger partial charge in [-0.2, -0.15) is 0 Å². The van der Waals surface area contributed by atoms with E-state index >= 15 is 0 Å². The number of halogens is 3. The summed E-state index contributed by atoms with van der Waals surface area (Å²) in [5.41, 5.74) is 1.21. The summed E-state index contributed by atoms with van der Waals surface area (Å²) in [5, 5.41) is 6.70. The summed E-state index contributed by atoms with van der Waals surface area (Å²) in [4.78, 5) is 29.0. The van der Waals surface area contributed by atoms with Crippen molar-refractivity contribution in [3.8, 4) is 0 Å². The molecular weight excluding hydrogens is 447 g/mol. The normalized spacial score (nSPS) is 16.1.